The normalized spacial score (nSPS) is 26.4. The number of hydrogen-bond acceptors (Lipinski definition) is 9. The number of alkyl halides is 2. The first-order valence-corrected chi connectivity index (χ1v) is 13.5. The Balaban J connectivity index is 1.80. The third kappa shape index (κ3) is 6.86. The first-order chi connectivity index (χ1) is 16.8. The second-order valence-corrected chi connectivity index (χ2v) is 12.3. The maximum absolute atomic E-state index is 13.6. The lowest BCUT2D eigenvalue weighted by Gasteiger charge is -2.25. The minimum Gasteiger partial charge on any atom is -0.462 e. The average molecular weight is 611 g/mol. The lowest BCUT2D eigenvalue weighted by atomic mass is 10.2. The van der Waals surface area contributed by atoms with Gasteiger partial charge in [0.25, 0.3) is 5.56 Å². The SMILES string of the molecule is CC(C)OC(=O)[C@@H](C)N[P@@](=O)(OC[C@H]1O[C@@H](n2ccc(=O)[nH]c2=O)[C@](Cl)(Br)[C@@H]1O)Oc1ccccc1. The number of H-pyrrole nitrogens is 1. The number of carbonyl (C=O) groups excluding carboxylic acids is 1. The van der Waals surface area contributed by atoms with Gasteiger partial charge < -0.3 is 19.1 Å². The van der Waals surface area contributed by atoms with Gasteiger partial charge in [0.15, 0.2) is 10.0 Å². The van der Waals surface area contributed by atoms with Crippen LogP contribution in [0.2, 0.25) is 0 Å². The highest BCUT2D eigenvalue weighted by molar-refractivity contribution is 9.10. The number of rotatable bonds is 10. The third-order valence-electron chi connectivity index (χ3n) is 4.92. The van der Waals surface area contributed by atoms with Crippen LogP contribution in [0.25, 0.3) is 0 Å². The molecule has 15 heteroatoms. The molecule has 1 saturated heterocycles. The van der Waals surface area contributed by atoms with E-state index in [-0.39, 0.29) is 5.75 Å². The molecular weight excluding hydrogens is 585 g/mol. The molecule has 12 nitrogen and oxygen atoms in total. The molecule has 3 N–H and O–H groups in total. The highest BCUT2D eigenvalue weighted by Gasteiger charge is 2.55. The van der Waals surface area contributed by atoms with E-state index in [2.05, 4.69) is 26.0 Å². The van der Waals surface area contributed by atoms with Crippen molar-refractivity contribution in [2.45, 2.75) is 55.1 Å². The smallest absolute Gasteiger partial charge is 0.459 e. The van der Waals surface area contributed by atoms with E-state index in [1.54, 1.807) is 32.0 Å². The summed E-state index contributed by atoms with van der Waals surface area (Å²) in [7, 11) is -4.24. The Kier molecular flexibility index (Phi) is 9.20. The van der Waals surface area contributed by atoms with Crippen LogP contribution in [-0.2, 0) is 23.4 Å². The van der Waals surface area contributed by atoms with E-state index in [0.29, 0.717) is 0 Å². The molecule has 2 aromatic rings. The van der Waals surface area contributed by atoms with Crippen LogP contribution in [-0.4, -0.2) is 55.4 Å². The molecule has 6 atom stereocenters. The number of hydrogen-bond donors (Lipinski definition) is 3. The van der Waals surface area contributed by atoms with Crippen LogP contribution in [0.4, 0.5) is 0 Å². The molecule has 0 aliphatic carbocycles. The largest absolute Gasteiger partial charge is 0.462 e. The first kappa shape index (κ1) is 28.6. The maximum atomic E-state index is 13.6. The number of nitrogens with zero attached hydrogens (tertiary/aromatic N) is 1. The first-order valence-electron chi connectivity index (χ1n) is 10.8. The Labute approximate surface area is 219 Å². The van der Waals surface area contributed by atoms with Gasteiger partial charge in [-0.3, -0.25) is 23.7 Å². The van der Waals surface area contributed by atoms with Crippen molar-refractivity contribution in [2.24, 2.45) is 0 Å². The second kappa shape index (κ2) is 11.6. The topological polar surface area (TPSA) is 158 Å². The fraction of sp³-hybridized carbons (Fsp3) is 0.476. The summed E-state index contributed by atoms with van der Waals surface area (Å²) in [6.45, 7) is 4.25. The molecular formula is C21H26BrClN3O9P. The van der Waals surface area contributed by atoms with Crippen LogP contribution >= 0.6 is 35.3 Å². The monoisotopic (exact) mass is 609 g/mol. The van der Waals surface area contributed by atoms with Crippen molar-refractivity contribution in [3.8, 4) is 5.75 Å². The minimum absolute atomic E-state index is 0.190. The molecule has 2 heterocycles. The summed E-state index contributed by atoms with van der Waals surface area (Å²) in [6, 6.07) is 8.12. The van der Waals surface area contributed by atoms with Gasteiger partial charge in [0, 0.05) is 12.3 Å². The summed E-state index contributed by atoms with van der Waals surface area (Å²) in [6.07, 6.45) is -3.17. The summed E-state index contributed by atoms with van der Waals surface area (Å²) >= 11 is 9.60. The number of aliphatic hydroxyl groups excluding tert-OH is 1. The van der Waals surface area contributed by atoms with E-state index in [0.717, 1.165) is 16.8 Å². The van der Waals surface area contributed by atoms with Gasteiger partial charge in [-0.05, 0) is 32.9 Å². The molecule has 1 aliphatic heterocycles. The number of aromatic nitrogens is 2. The van der Waals surface area contributed by atoms with Gasteiger partial charge in [0.05, 0.1) is 12.7 Å². The zero-order valence-electron chi connectivity index (χ0n) is 19.5. The van der Waals surface area contributed by atoms with Crippen molar-refractivity contribution in [3.05, 3.63) is 63.4 Å². The van der Waals surface area contributed by atoms with Gasteiger partial charge in [0.1, 0.15) is 24.0 Å². The number of nitrogens with one attached hydrogen (secondary N) is 2. The lowest BCUT2D eigenvalue weighted by molar-refractivity contribution is -0.149. The number of ether oxygens (including phenoxy) is 2. The van der Waals surface area contributed by atoms with E-state index in [4.69, 9.17) is 30.1 Å². The van der Waals surface area contributed by atoms with Crippen LogP contribution in [0.3, 0.4) is 0 Å². The molecule has 1 aromatic carbocycles. The Hall–Kier alpha value is -1.99. The third-order valence-corrected chi connectivity index (χ3v) is 7.83. The average Bonchev–Trinajstić information content (AvgIpc) is 3.01. The zero-order chi connectivity index (χ0) is 26.7. The highest BCUT2D eigenvalue weighted by Crippen LogP contribution is 2.50. The molecule has 0 saturated carbocycles. The number of carbonyl (C=O) groups is 1. The van der Waals surface area contributed by atoms with Gasteiger partial charge >= 0.3 is 19.4 Å². The predicted molar refractivity (Wildman–Crippen MR) is 133 cm³/mol. The van der Waals surface area contributed by atoms with Crippen molar-refractivity contribution in [2.75, 3.05) is 6.61 Å². The molecule has 198 valence electrons. The van der Waals surface area contributed by atoms with Crippen molar-refractivity contribution < 1.29 is 33.0 Å². The molecule has 1 aromatic heterocycles. The number of aromatic amines is 1. The number of aliphatic hydroxyl groups is 1. The fourth-order valence-corrected chi connectivity index (χ4v) is 5.65. The maximum Gasteiger partial charge on any atom is 0.459 e. The van der Waals surface area contributed by atoms with Gasteiger partial charge in [-0.1, -0.05) is 45.7 Å². The summed E-state index contributed by atoms with van der Waals surface area (Å²) < 4.78 is 34.9. The van der Waals surface area contributed by atoms with E-state index >= 15 is 0 Å². The van der Waals surface area contributed by atoms with E-state index < -0.39 is 65.9 Å². The number of para-hydroxylation sites is 1. The van der Waals surface area contributed by atoms with Crippen LogP contribution in [0.5, 0.6) is 5.75 Å². The van der Waals surface area contributed by atoms with Gasteiger partial charge in [-0.2, -0.15) is 5.09 Å². The van der Waals surface area contributed by atoms with Crippen LogP contribution in [0.15, 0.2) is 52.2 Å². The number of benzene rings is 1. The zero-order valence-corrected chi connectivity index (χ0v) is 22.7. The number of halogens is 2. The Morgan fingerprint density at radius 2 is 1.97 bits per heavy atom. The summed E-state index contributed by atoms with van der Waals surface area (Å²) in [5.41, 5.74) is -1.44. The van der Waals surface area contributed by atoms with Gasteiger partial charge in [-0.25, -0.2) is 9.36 Å². The van der Waals surface area contributed by atoms with Crippen molar-refractivity contribution >= 4 is 41.2 Å². The molecule has 0 spiro atoms. The quantitative estimate of drug-likeness (QED) is 0.207. The Morgan fingerprint density at radius 3 is 2.58 bits per heavy atom. The highest BCUT2D eigenvalue weighted by atomic mass is 79.9. The van der Waals surface area contributed by atoms with Crippen LogP contribution < -0.4 is 20.9 Å². The standard InChI is InChI=1S/C21H26BrClN3O9P/c1-12(2)33-18(29)13(3)25-36(31,35-14-7-5-4-6-8-14)32-11-15-17(28)21(22,23)19(34-15)26-10-9-16(27)24-20(26)30/h4-10,12-13,15,17,19,28H,11H2,1-3H3,(H,25,31)(H,24,27,30)/t13-,15-,17-,19-,21+,36-/m1/s1. The molecule has 1 fully saturated rings. The van der Waals surface area contributed by atoms with Crippen LogP contribution in [0.1, 0.15) is 27.0 Å². The van der Waals surface area contributed by atoms with Gasteiger partial charge in [0.2, 0.25) is 0 Å². The lowest BCUT2D eigenvalue weighted by Crippen LogP contribution is -2.41. The molecule has 0 unspecified atom stereocenters. The van der Waals surface area contributed by atoms with Crippen molar-refractivity contribution in [3.63, 3.8) is 0 Å². The van der Waals surface area contributed by atoms with Crippen molar-refractivity contribution in [1.29, 1.82) is 0 Å². The minimum atomic E-state index is -4.24. The van der Waals surface area contributed by atoms with E-state index in [1.165, 1.54) is 19.1 Å². The molecule has 0 bridgehead atoms. The molecule has 0 amide bonds. The molecule has 0 radical (unpaired) electrons. The summed E-state index contributed by atoms with van der Waals surface area (Å²) in [5, 5.41) is 13.3. The summed E-state index contributed by atoms with van der Waals surface area (Å²) in [5.74, 6) is -0.490. The fourth-order valence-electron chi connectivity index (χ4n) is 3.22. The predicted octanol–water partition coefficient (Wildman–Crippen LogP) is 2.26. The molecule has 3 rings (SSSR count). The van der Waals surface area contributed by atoms with E-state index in [1.807, 2.05) is 0 Å². The van der Waals surface area contributed by atoms with Gasteiger partial charge in [-0.15, -0.1) is 0 Å². The molecule has 36 heavy (non-hydrogen) atoms. The van der Waals surface area contributed by atoms with Crippen LogP contribution in [0, 0.1) is 0 Å². The Bertz CT molecular complexity index is 1220. The second-order valence-electron chi connectivity index (χ2n) is 8.20. The van der Waals surface area contributed by atoms with Crippen molar-refractivity contribution in [1.82, 2.24) is 14.6 Å². The Morgan fingerprint density at radius 1 is 1.31 bits per heavy atom. The number of esters is 1. The molecule has 1 aliphatic rings. The summed E-state index contributed by atoms with van der Waals surface area (Å²) in [4.78, 5) is 38.0. The van der Waals surface area contributed by atoms with E-state index in [9.17, 15) is 24.1 Å².